The number of rotatable bonds is 5. The molecule has 1 aromatic heterocycles. The van der Waals surface area contributed by atoms with Gasteiger partial charge in [-0.2, -0.15) is 0 Å². The Hall–Kier alpha value is -1.78. The van der Waals surface area contributed by atoms with E-state index in [4.69, 9.17) is 11.6 Å². The molecule has 1 aliphatic heterocycles. The second-order valence-corrected chi connectivity index (χ2v) is 6.44. The largest absolute Gasteiger partial charge is 0.355 e. The Morgan fingerprint density at radius 3 is 3.00 bits per heavy atom. The zero-order valence-corrected chi connectivity index (χ0v) is 14.1. The van der Waals surface area contributed by atoms with Crippen LogP contribution < -0.4 is 5.32 Å². The average Bonchev–Trinajstić information content (AvgIpc) is 3.00. The molecule has 1 amide bonds. The Bertz CT molecular complexity index is 682. The maximum Gasteiger partial charge on any atom is 0.234 e. The van der Waals surface area contributed by atoms with E-state index in [2.05, 4.69) is 40.0 Å². The molecule has 1 unspecified atom stereocenters. The van der Waals surface area contributed by atoms with E-state index in [0.717, 1.165) is 30.1 Å². The van der Waals surface area contributed by atoms with Crippen molar-refractivity contribution in [1.29, 1.82) is 0 Å². The van der Waals surface area contributed by atoms with Crippen molar-refractivity contribution in [2.45, 2.75) is 25.9 Å². The minimum Gasteiger partial charge on any atom is -0.355 e. The lowest BCUT2D eigenvalue weighted by Gasteiger charge is -2.34. The zero-order chi connectivity index (χ0) is 16.2. The van der Waals surface area contributed by atoms with Gasteiger partial charge < -0.3 is 9.88 Å². The van der Waals surface area contributed by atoms with Crippen LogP contribution >= 0.6 is 11.6 Å². The molecular formula is C18H22ClN3O. The molecule has 4 nitrogen and oxygen atoms in total. The van der Waals surface area contributed by atoms with E-state index in [-0.39, 0.29) is 11.9 Å². The molecule has 0 spiro atoms. The number of carbonyl (C=O) groups is 1. The molecule has 0 fully saturated rings. The second kappa shape index (κ2) is 7.20. The first-order chi connectivity index (χ1) is 11.1. The monoisotopic (exact) mass is 331 g/mol. The van der Waals surface area contributed by atoms with Gasteiger partial charge in [0.05, 0.1) is 6.54 Å². The minimum atomic E-state index is 0.0823. The zero-order valence-electron chi connectivity index (χ0n) is 13.3. The first-order valence-corrected chi connectivity index (χ1v) is 8.41. The molecule has 1 N–H and O–H groups in total. The molecule has 0 bridgehead atoms. The van der Waals surface area contributed by atoms with E-state index in [0.29, 0.717) is 13.1 Å². The predicted octanol–water partition coefficient (Wildman–Crippen LogP) is 2.88. The smallest absolute Gasteiger partial charge is 0.234 e. The summed E-state index contributed by atoms with van der Waals surface area (Å²) in [4.78, 5) is 14.4. The van der Waals surface area contributed by atoms with E-state index < -0.39 is 0 Å². The minimum absolute atomic E-state index is 0.0823. The van der Waals surface area contributed by atoms with Gasteiger partial charge in [-0.15, -0.1) is 0 Å². The van der Waals surface area contributed by atoms with Gasteiger partial charge in [0.15, 0.2) is 0 Å². The quantitative estimate of drug-likeness (QED) is 0.914. The Morgan fingerprint density at radius 2 is 2.17 bits per heavy atom. The highest BCUT2D eigenvalue weighted by atomic mass is 35.5. The summed E-state index contributed by atoms with van der Waals surface area (Å²) >= 11 is 5.97. The Balaban J connectivity index is 1.47. The second-order valence-electron chi connectivity index (χ2n) is 6.00. The van der Waals surface area contributed by atoms with Crippen LogP contribution in [0.2, 0.25) is 5.02 Å². The van der Waals surface area contributed by atoms with Crippen LogP contribution in [0.4, 0.5) is 0 Å². The van der Waals surface area contributed by atoms with Gasteiger partial charge in [0, 0.05) is 42.6 Å². The molecule has 2 aromatic rings. The molecule has 122 valence electrons. The van der Waals surface area contributed by atoms with E-state index in [1.807, 2.05) is 24.3 Å². The van der Waals surface area contributed by atoms with Gasteiger partial charge in [-0.25, -0.2) is 0 Å². The summed E-state index contributed by atoms with van der Waals surface area (Å²) in [7, 11) is 0. The molecule has 1 aliphatic rings. The van der Waals surface area contributed by atoms with Crippen LogP contribution in [0.25, 0.3) is 0 Å². The lowest BCUT2D eigenvalue weighted by atomic mass is 10.1. The van der Waals surface area contributed by atoms with Crippen LogP contribution in [0.5, 0.6) is 0 Å². The van der Waals surface area contributed by atoms with Crippen molar-refractivity contribution in [1.82, 2.24) is 14.8 Å². The lowest BCUT2D eigenvalue weighted by molar-refractivity contribution is -0.123. The Kier molecular flexibility index (Phi) is 5.03. The highest BCUT2D eigenvalue weighted by Gasteiger charge is 2.24. The van der Waals surface area contributed by atoms with Gasteiger partial charge in [-0.1, -0.05) is 23.7 Å². The SMILES string of the molecule is CC1c2cccn2CCN1CC(=O)NCCc1cccc(Cl)c1. The summed E-state index contributed by atoms with van der Waals surface area (Å²) in [6.45, 7) is 5.09. The van der Waals surface area contributed by atoms with Gasteiger partial charge in [0.2, 0.25) is 5.91 Å². The fraction of sp³-hybridized carbons (Fsp3) is 0.389. The predicted molar refractivity (Wildman–Crippen MR) is 92.6 cm³/mol. The topological polar surface area (TPSA) is 37.3 Å². The number of carbonyl (C=O) groups excluding carboxylic acids is 1. The highest BCUT2D eigenvalue weighted by molar-refractivity contribution is 6.30. The molecule has 1 aromatic carbocycles. The summed E-state index contributed by atoms with van der Waals surface area (Å²) < 4.78 is 2.26. The summed E-state index contributed by atoms with van der Waals surface area (Å²) in [6.07, 6.45) is 2.90. The van der Waals surface area contributed by atoms with Crippen molar-refractivity contribution >= 4 is 17.5 Å². The summed E-state index contributed by atoms with van der Waals surface area (Å²) in [5.41, 5.74) is 2.42. The number of amides is 1. The third-order valence-corrected chi connectivity index (χ3v) is 4.68. The molecule has 0 saturated heterocycles. The highest BCUT2D eigenvalue weighted by Crippen LogP contribution is 2.24. The summed E-state index contributed by atoms with van der Waals surface area (Å²) in [6, 6.07) is 12.2. The molecule has 0 radical (unpaired) electrons. The molecule has 2 heterocycles. The van der Waals surface area contributed by atoms with E-state index >= 15 is 0 Å². The summed E-state index contributed by atoms with van der Waals surface area (Å²) in [5.74, 6) is 0.0823. The molecular weight excluding hydrogens is 310 g/mol. The van der Waals surface area contributed by atoms with E-state index in [1.54, 1.807) is 0 Å². The van der Waals surface area contributed by atoms with Crippen LogP contribution in [0.3, 0.4) is 0 Å². The number of halogens is 1. The number of nitrogens with one attached hydrogen (secondary N) is 1. The number of hydrogen-bond acceptors (Lipinski definition) is 2. The lowest BCUT2D eigenvalue weighted by Crippen LogP contribution is -2.43. The van der Waals surface area contributed by atoms with Crippen molar-refractivity contribution in [2.75, 3.05) is 19.6 Å². The molecule has 0 saturated carbocycles. The Labute approximate surface area is 142 Å². The van der Waals surface area contributed by atoms with E-state index in [1.165, 1.54) is 5.69 Å². The van der Waals surface area contributed by atoms with Crippen molar-refractivity contribution in [2.24, 2.45) is 0 Å². The molecule has 5 heteroatoms. The van der Waals surface area contributed by atoms with E-state index in [9.17, 15) is 4.79 Å². The maximum absolute atomic E-state index is 12.2. The van der Waals surface area contributed by atoms with Gasteiger partial charge in [-0.05, 0) is 43.2 Å². The van der Waals surface area contributed by atoms with Crippen LogP contribution in [-0.4, -0.2) is 35.0 Å². The van der Waals surface area contributed by atoms with Crippen LogP contribution in [0, 0.1) is 0 Å². The Morgan fingerprint density at radius 1 is 1.30 bits per heavy atom. The molecule has 1 atom stereocenters. The van der Waals surface area contributed by atoms with Crippen molar-refractivity contribution in [3.05, 3.63) is 58.9 Å². The van der Waals surface area contributed by atoms with Crippen LogP contribution in [-0.2, 0) is 17.8 Å². The van der Waals surface area contributed by atoms with Crippen molar-refractivity contribution in [3.63, 3.8) is 0 Å². The third kappa shape index (κ3) is 3.95. The first-order valence-electron chi connectivity index (χ1n) is 8.04. The normalized spacial score (nSPS) is 17.7. The fourth-order valence-corrected chi connectivity index (χ4v) is 3.34. The fourth-order valence-electron chi connectivity index (χ4n) is 3.12. The van der Waals surface area contributed by atoms with Crippen LogP contribution in [0.1, 0.15) is 24.2 Å². The van der Waals surface area contributed by atoms with Crippen molar-refractivity contribution < 1.29 is 4.79 Å². The van der Waals surface area contributed by atoms with Gasteiger partial charge in [0.25, 0.3) is 0 Å². The summed E-state index contributed by atoms with van der Waals surface area (Å²) in [5, 5.41) is 3.74. The molecule has 0 aliphatic carbocycles. The van der Waals surface area contributed by atoms with Gasteiger partial charge in [0.1, 0.15) is 0 Å². The van der Waals surface area contributed by atoms with Gasteiger partial charge >= 0.3 is 0 Å². The third-order valence-electron chi connectivity index (χ3n) is 4.44. The standard InChI is InChI=1S/C18H22ClN3O/c1-14-17-6-3-9-21(17)10-11-22(14)13-18(23)20-8-7-15-4-2-5-16(19)12-15/h2-6,9,12,14H,7-8,10-11,13H2,1H3,(H,20,23). The van der Waals surface area contributed by atoms with Gasteiger partial charge in [-0.3, -0.25) is 9.69 Å². The first kappa shape index (κ1) is 16.1. The van der Waals surface area contributed by atoms with Crippen LogP contribution in [0.15, 0.2) is 42.6 Å². The number of aromatic nitrogens is 1. The number of hydrogen-bond donors (Lipinski definition) is 1. The molecule has 3 rings (SSSR count). The van der Waals surface area contributed by atoms with Crippen molar-refractivity contribution in [3.8, 4) is 0 Å². The maximum atomic E-state index is 12.2. The number of fused-ring (bicyclic) bond motifs is 1. The average molecular weight is 332 g/mol. The molecule has 23 heavy (non-hydrogen) atoms. The number of nitrogens with zero attached hydrogens (tertiary/aromatic N) is 2. The number of benzene rings is 1.